The molecule has 0 saturated carbocycles. The van der Waals surface area contributed by atoms with Crippen LogP contribution in [0.2, 0.25) is 0 Å². The topological polar surface area (TPSA) is 26.9 Å². The number of aromatic nitrogens is 2. The molecule has 0 bridgehead atoms. The Balaban J connectivity index is 1.35. The lowest BCUT2D eigenvalue weighted by atomic mass is 9.86. The quantitative estimate of drug-likeness (QED) is 0.205. The van der Waals surface area contributed by atoms with Gasteiger partial charge < -0.3 is 0 Å². The van der Waals surface area contributed by atoms with Gasteiger partial charge in [0.15, 0.2) is 0 Å². The summed E-state index contributed by atoms with van der Waals surface area (Å²) in [6.07, 6.45) is 0. The van der Waals surface area contributed by atoms with Crippen molar-refractivity contribution in [3.8, 4) is 33.6 Å². The first-order valence-corrected chi connectivity index (χ1v) is 14.2. The molecule has 0 N–H and O–H groups in total. The summed E-state index contributed by atoms with van der Waals surface area (Å²) in [7, 11) is 0. The number of hydrogen-bond acceptors (Lipinski definition) is 1. The first kappa shape index (κ1) is 24.2. The van der Waals surface area contributed by atoms with E-state index in [1.807, 2.05) is 54.6 Å². The fraction of sp³-hybridized carbons (Fsp3) is 0. The highest BCUT2D eigenvalue weighted by molar-refractivity contribution is 6.21. The maximum Gasteiger partial charge on any atom is 0.338 e. The van der Waals surface area contributed by atoms with Crippen molar-refractivity contribution < 1.29 is 0 Å². The van der Waals surface area contributed by atoms with Crippen LogP contribution in [0.1, 0.15) is 0 Å². The molecular formula is C39H26N2O. The second-order valence-electron chi connectivity index (χ2n) is 10.5. The van der Waals surface area contributed by atoms with E-state index in [0.717, 1.165) is 28.0 Å². The molecule has 0 saturated heterocycles. The van der Waals surface area contributed by atoms with Crippen LogP contribution in [0.25, 0.3) is 66.2 Å². The molecule has 0 aliphatic carbocycles. The Kier molecular flexibility index (Phi) is 5.61. The van der Waals surface area contributed by atoms with Crippen LogP contribution >= 0.6 is 0 Å². The molecule has 0 spiro atoms. The highest BCUT2D eigenvalue weighted by Gasteiger charge is 2.18. The van der Waals surface area contributed by atoms with E-state index in [9.17, 15) is 4.79 Å². The maximum atomic E-state index is 13.9. The number of fused-ring (bicyclic) bond motifs is 3. The van der Waals surface area contributed by atoms with Crippen LogP contribution in [0.5, 0.6) is 0 Å². The standard InChI is InChI=1S/C39H26N2O/c42-39-40(29-15-5-2-6-16-29)35-21-11-12-22-36(35)41(39)30-25-23-28(24-26-30)38-33-19-9-7-17-31(33)37(27-13-3-1-4-14-27)32-18-8-10-20-34(32)38/h1-26H. The zero-order valence-electron chi connectivity index (χ0n) is 22.8. The van der Waals surface area contributed by atoms with Crippen molar-refractivity contribution >= 4 is 32.6 Å². The minimum Gasteiger partial charge on any atom is -0.260 e. The molecule has 198 valence electrons. The molecule has 42 heavy (non-hydrogen) atoms. The molecule has 0 unspecified atom stereocenters. The van der Waals surface area contributed by atoms with E-state index in [1.165, 1.54) is 38.2 Å². The highest BCUT2D eigenvalue weighted by Crippen LogP contribution is 2.43. The Labute approximate surface area is 243 Å². The van der Waals surface area contributed by atoms with Crippen molar-refractivity contribution in [1.29, 1.82) is 0 Å². The van der Waals surface area contributed by atoms with E-state index < -0.39 is 0 Å². The summed E-state index contributed by atoms with van der Waals surface area (Å²) in [5.41, 5.74) is 8.14. The molecule has 7 aromatic carbocycles. The molecule has 1 heterocycles. The van der Waals surface area contributed by atoms with Gasteiger partial charge in [-0.25, -0.2) is 4.79 Å². The second kappa shape index (κ2) is 9.76. The molecule has 0 aliphatic heterocycles. The van der Waals surface area contributed by atoms with Crippen LogP contribution in [-0.4, -0.2) is 9.13 Å². The molecule has 0 radical (unpaired) electrons. The number of hydrogen-bond donors (Lipinski definition) is 0. The van der Waals surface area contributed by atoms with Crippen molar-refractivity contribution in [3.05, 3.63) is 168 Å². The summed E-state index contributed by atoms with van der Waals surface area (Å²) in [6, 6.07) is 54.2. The zero-order chi connectivity index (χ0) is 28.0. The van der Waals surface area contributed by atoms with Gasteiger partial charge in [-0.3, -0.25) is 9.13 Å². The van der Waals surface area contributed by atoms with Gasteiger partial charge in [0.2, 0.25) is 0 Å². The van der Waals surface area contributed by atoms with Crippen LogP contribution in [0.4, 0.5) is 0 Å². The monoisotopic (exact) mass is 538 g/mol. The van der Waals surface area contributed by atoms with Crippen LogP contribution in [0.3, 0.4) is 0 Å². The van der Waals surface area contributed by atoms with E-state index in [1.54, 1.807) is 9.13 Å². The van der Waals surface area contributed by atoms with Crippen molar-refractivity contribution in [3.63, 3.8) is 0 Å². The van der Waals surface area contributed by atoms with Crippen LogP contribution in [0.15, 0.2) is 163 Å². The fourth-order valence-electron chi connectivity index (χ4n) is 6.36. The molecule has 0 fully saturated rings. The van der Waals surface area contributed by atoms with Gasteiger partial charge in [0.05, 0.1) is 22.4 Å². The van der Waals surface area contributed by atoms with Gasteiger partial charge in [-0.1, -0.05) is 121 Å². The summed E-state index contributed by atoms with van der Waals surface area (Å²) >= 11 is 0. The molecule has 0 atom stereocenters. The molecule has 3 nitrogen and oxygen atoms in total. The molecule has 3 heteroatoms. The van der Waals surface area contributed by atoms with Crippen LogP contribution < -0.4 is 5.69 Å². The molecule has 1 aromatic heterocycles. The molecule has 0 amide bonds. The number of rotatable bonds is 4. The molecule has 8 rings (SSSR count). The third-order valence-corrected chi connectivity index (χ3v) is 8.17. The van der Waals surface area contributed by atoms with Crippen LogP contribution in [0, 0.1) is 0 Å². The number of benzene rings is 7. The third-order valence-electron chi connectivity index (χ3n) is 8.17. The fourth-order valence-corrected chi connectivity index (χ4v) is 6.36. The van der Waals surface area contributed by atoms with E-state index in [0.29, 0.717) is 0 Å². The molecule has 8 aromatic rings. The average molecular weight is 539 g/mol. The van der Waals surface area contributed by atoms with E-state index in [-0.39, 0.29) is 5.69 Å². The highest BCUT2D eigenvalue weighted by atomic mass is 16.1. The summed E-state index contributed by atoms with van der Waals surface area (Å²) in [5.74, 6) is 0. The maximum absolute atomic E-state index is 13.9. The van der Waals surface area contributed by atoms with E-state index in [2.05, 4.69) is 103 Å². The van der Waals surface area contributed by atoms with Gasteiger partial charge in [-0.2, -0.15) is 0 Å². The molecule has 0 aliphatic rings. The van der Waals surface area contributed by atoms with Gasteiger partial charge in [-0.05, 0) is 80.2 Å². The Bertz CT molecular complexity index is 2240. The summed E-state index contributed by atoms with van der Waals surface area (Å²) in [5, 5.41) is 4.87. The van der Waals surface area contributed by atoms with Crippen molar-refractivity contribution in [2.24, 2.45) is 0 Å². The lowest BCUT2D eigenvalue weighted by molar-refractivity contribution is 0.931. The third kappa shape index (κ3) is 3.71. The SMILES string of the molecule is O=c1n(-c2ccccc2)c2ccccc2n1-c1ccc(-c2c3ccccc3c(-c3ccccc3)c3ccccc23)cc1. The van der Waals surface area contributed by atoms with Crippen LogP contribution in [-0.2, 0) is 0 Å². The Morgan fingerprint density at radius 1 is 0.333 bits per heavy atom. The Hall–Kier alpha value is -5.67. The second-order valence-corrected chi connectivity index (χ2v) is 10.5. The van der Waals surface area contributed by atoms with Gasteiger partial charge in [0.1, 0.15) is 0 Å². The number of para-hydroxylation sites is 3. The van der Waals surface area contributed by atoms with Gasteiger partial charge >= 0.3 is 5.69 Å². The Morgan fingerprint density at radius 2 is 0.690 bits per heavy atom. The van der Waals surface area contributed by atoms with Gasteiger partial charge in [0, 0.05) is 0 Å². The zero-order valence-corrected chi connectivity index (χ0v) is 22.8. The average Bonchev–Trinajstić information content (AvgIpc) is 3.36. The minimum absolute atomic E-state index is 0.0849. The first-order chi connectivity index (χ1) is 20.8. The number of imidazole rings is 1. The lowest BCUT2D eigenvalue weighted by Gasteiger charge is -2.18. The van der Waals surface area contributed by atoms with Crippen molar-refractivity contribution in [2.45, 2.75) is 0 Å². The van der Waals surface area contributed by atoms with Crippen molar-refractivity contribution in [2.75, 3.05) is 0 Å². The summed E-state index contributed by atoms with van der Waals surface area (Å²) < 4.78 is 3.59. The van der Waals surface area contributed by atoms with Gasteiger partial charge in [-0.15, -0.1) is 0 Å². The van der Waals surface area contributed by atoms with E-state index in [4.69, 9.17) is 0 Å². The van der Waals surface area contributed by atoms with Crippen molar-refractivity contribution in [1.82, 2.24) is 9.13 Å². The van der Waals surface area contributed by atoms with Gasteiger partial charge in [0.25, 0.3) is 0 Å². The minimum atomic E-state index is -0.0849. The smallest absolute Gasteiger partial charge is 0.260 e. The predicted molar refractivity (Wildman–Crippen MR) is 175 cm³/mol. The largest absolute Gasteiger partial charge is 0.338 e. The lowest BCUT2D eigenvalue weighted by Crippen LogP contribution is -2.22. The molecular weight excluding hydrogens is 512 g/mol. The predicted octanol–water partition coefficient (Wildman–Crippen LogP) is 9.42. The summed E-state index contributed by atoms with van der Waals surface area (Å²) in [4.78, 5) is 13.9. The Morgan fingerprint density at radius 3 is 1.17 bits per heavy atom. The first-order valence-electron chi connectivity index (χ1n) is 14.2. The number of nitrogens with zero attached hydrogens (tertiary/aromatic N) is 2. The summed E-state index contributed by atoms with van der Waals surface area (Å²) in [6.45, 7) is 0. The van der Waals surface area contributed by atoms with E-state index >= 15 is 0 Å². The normalized spacial score (nSPS) is 11.4.